The quantitative estimate of drug-likeness (QED) is 0.612. The van der Waals surface area contributed by atoms with Gasteiger partial charge in [-0.3, -0.25) is 4.79 Å². The van der Waals surface area contributed by atoms with E-state index < -0.39 is 0 Å². The summed E-state index contributed by atoms with van der Waals surface area (Å²) in [7, 11) is 0. The van der Waals surface area contributed by atoms with Gasteiger partial charge in [0.25, 0.3) is 5.91 Å². The highest BCUT2D eigenvalue weighted by Crippen LogP contribution is 2.23. The molecule has 0 bridgehead atoms. The van der Waals surface area contributed by atoms with Crippen LogP contribution in [0.2, 0.25) is 5.02 Å². The molecule has 0 saturated heterocycles. The number of nitrogens with zero attached hydrogens (tertiary/aromatic N) is 2. The lowest BCUT2D eigenvalue weighted by Crippen LogP contribution is -2.15. The van der Waals surface area contributed by atoms with E-state index in [9.17, 15) is 4.79 Å². The fourth-order valence-corrected chi connectivity index (χ4v) is 2.98. The normalized spacial score (nSPS) is 10.5. The summed E-state index contributed by atoms with van der Waals surface area (Å²) in [5.74, 6) is 0.178. The van der Waals surface area contributed by atoms with Gasteiger partial charge in [-0.05, 0) is 42.2 Å². The molecule has 0 fully saturated rings. The molecule has 2 aromatic carbocycles. The van der Waals surface area contributed by atoms with Crippen molar-refractivity contribution in [1.82, 2.24) is 9.97 Å². The Morgan fingerprint density at radius 3 is 2.22 bits per heavy atom. The van der Waals surface area contributed by atoms with Crippen LogP contribution in [0.4, 0.5) is 17.3 Å². The molecule has 1 heterocycles. The first-order chi connectivity index (χ1) is 13.1. The number of nitrogens with one attached hydrogen (secondary N) is 2. The minimum absolute atomic E-state index is 0.222. The van der Waals surface area contributed by atoms with Gasteiger partial charge in [0, 0.05) is 28.8 Å². The molecule has 6 heteroatoms. The number of rotatable bonds is 6. The van der Waals surface area contributed by atoms with Crippen LogP contribution >= 0.6 is 11.6 Å². The topological polar surface area (TPSA) is 66.9 Å². The second-order valence-electron chi connectivity index (χ2n) is 6.04. The molecular formula is C21H21ClN4O. The van der Waals surface area contributed by atoms with Crippen molar-refractivity contribution in [3.63, 3.8) is 0 Å². The average Bonchev–Trinajstić information content (AvgIpc) is 2.68. The Hall–Kier alpha value is -2.92. The average molecular weight is 381 g/mol. The number of anilines is 3. The zero-order valence-corrected chi connectivity index (χ0v) is 16.0. The molecule has 138 valence electrons. The van der Waals surface area contributed by atoms with Crippen molar-refractivity contribution < 1.29 is 4.79 Å². The molecule has 2 N–H and O–H groups in total. The summed E-state index contributed by atoms with van der Waals surface area (Å²) >= 11 is 5.97. The summed E-state index contributed by atoms with van der Waals surface area (Å²) in [6, 6.07) is 13.4. The van der Waals surface area contributed by atoms with Crippen LogP contribution in [0.1, 0.15) is 35.3 Å². The van der Waals surface area contributed by atoms with E-state index >= 15 is 0 Å². The molecule has 0 atom stereocenters. The van der Waals surface area contributed by atoms with Crippen molar-refractivity contribution >= 4 is 34.8 Å². The Labute approximate surface area is 163 Å². The Morgan fingerprint density at radius 1 is 1.00 bits per heavy atom. The van der Waals surface area contributed by atoms with Gasteiger partial charge in [0.15, 0.2) is 0 Å². The molecule has 3 aromatic rings. The minimum atomic E-state index is -0.222. The minimum Gasteiger partial charge on any atom is -0.324 e. The van der Waals surface area contributed by atoms with Gasteiger partial charge in [0.2, 0.25) is 5.95 Å². The Balaban J connectivity index is 1.75. The van der Waals surface area contributed by atoms with Crippen LogP contribution in [0.5, 0.6) is 0 Å². The fraction of sp³-hybridized carbons (Fsp3) is 0.190. The summed E-state index contributed by atoms with van der Waals surface area (Å²) in [4.78, 5) is 21.1. The molecule has 1 aromatic heterocycles. The predicted octanol–water partition coefficient (Wildman–Crippen LogP) is 5.25. The first-order valence-electron chi connectivity index (χ1n) is 8.87. The van der Waals surface area contributed by atoms with E-state index in [0.717, 1.165) is 35.3 Å². The molecule has 0 aliphatic carbocycles. The van der Waals surface area contributed by atoms with Crippen molar-refractivity contribution in [3.8, 4) is 0 Å². The van der Waals surface area contributed by atoms with Gasteiger partial charge in [-0.25, -0.2) is 9.97 Å². The third-order valence-electron chi connectivity index (χ3n) is 4.23. The van der Waals surface area contributed by atoms with E-state index in [1.165, 1.54) is 12.4 Å². The van der Waals surface area contributed by atoms with E-state index in [1.54, 1.807) is 12.1 Å². The van der Waals surface area contributed by atoms with Crippen molar-refractivity contribution in [3.05, 3.63) is 76.6 Å². The summed E-state index contributed by atoms with van der Waals surface area (Å²) in [6.07, 6.45) is 4.72. The lowest BCUT2D eigenvalue weighted by molar-refractivity contribution is 0.102. The van der Waals surface area contributed by atoms with Gasteiger partial charge in [-0.15, -0.1) is 0 Å². The highest BCUT2D eigenvalue weighted by Gasteiger charge is 2.12. The third-order valence-corrected chi connectivity index (χ3v) is 4.47. The number of carbonyl (C=O) groups is 1. The Bertz CT molecular complexity index is 919. The molecule has 3 rings (SSSR count). The van der Waals surface area contributed by atoms with Gasteiger partial charge >= 0.3 is 0 Å². The molecule has 0 aliphatic heterocycles. The lowest BCUT2D eigenvalue weighted by Gasteiger charge is -2.14. The van der Waals surface area contributed by atoms with Gasteiger partial charge in [0.1, 0.15) is 0 Å². The number of hydrogen-bond acceptors (Lipinski definition) is 4. The van der Waals surface area contributed by atoms with Crippen LogP contribution in [-0.2, 0) is 12.8 Å². The summed E-state index contributed by atoms with van der Waals surface area (Å²) in [6.45, 7) is 4.15. The number of amides is 1. The van der Waals surface area contributed by atoms with Crippen LogP contribution in [0.15, 0.2) is 54.9 Å². The smallest absolute Gasteiger partial charge is 0.258 e. The summed E-state index contributed by atoms with van der Waals surface area (Å²) in [5, 5.41) is 6.70. The summed E-state index contributed by atoms with van der Waals surface area (Å²) in [5.41, 5.74) is 4.29. The van der Waals surface area contributed by atoms with E-state index in [2.05, 4.69) is 34.4 Å². The lowest BCUT2D eigenvalue weighted by atomic mass is 10.0. The number of halogens is 1. The Morgan fingerprint density at radius 2 is 1.63 bits per heavy atom. The van der Waals surface area contributed by atoms with Crippen LogP contribution in [-0.4, -0.2) is 15.9 Å². The summed E-state index contributed by atoms with van der Waals surface area (Å²) < 4.78 is 0. The predicted molar refractivity (Wildman–Crippen MR) is 110 cm³/mol. The number of hydrogen-bond donors (Lipinski definition) is 2. The Kier molecular flexibility index (Phi) is 6.04. The van der Waals surface area contributed by atoms with Gasteiger partial charge in [-0.1, -0.05) is 49.7 Å². The monoisotopic (exact) mass is 380 g/mol. The molecule has 0 saturated carbocycles. The van der Waals surface area contributed by atoms with Crippen LogP contribution < -0.4 is 10.6 Å². The molecule has 0 spiro atoms. The van der Waals surface area contributed by atoms with Crippen molar-refractivity contribution in [2.24, 2.45) is 0 Å². The van der Waals surface area contributed by atoms with E-state index in [0.29, 0.717) is 16.5 Å². The third kappa shape index (κ3) is 4.63. The maximum Gasteiger partial charge on any atom is 0.258 e. The SMILES string of the molecule is CCc1cccc(CC)c1NC(=O)c1cnc(Nc2cccc(Cl)c2)nc1. The highest BCUT2D eigenvalue weighted by molar-refractivity contribution is 6.30. The number of benzene rings is 2. The second-order valence-corrected chi connectivity index (χ2v) is 6.48. The molecule has 0 unspecified atom stereocenters. The van der Waals surface area contributed by atoms with Crippen LogP contribution in [0, 0.1) is 0 Å². The van der Waals surface area contributed by atoms with Gasteiger partial charge in [-0.2, -0.15) is 0 Å². The second kappa shape index (κ2) is 8.64. The first-order valence-corrected chi connectivity index (χ1v) is 9.25. The molecule has 5 nitrogen and oxygen atoms in total. The highest BCUT2D eigenvalue weighted by atomic mass is 35.5. The number of para-hydroxylation sites is 1. The van der Waals surface area contributed by atoms with Gasteiger partial charge in [0.05, 0.1) is 5.56 Å². The van der Waals surface area contributed by atoms with Crippen molar-refractivity contribution in [2.75, 3.05) is 10.6 Å². The van der Waals surface area contributed by atoms with Crippen LogP contribution in [0.3, 0.4) is 0 Å². The maximum atomic E-state index is 12.6. The van der Waals surface area contributed by atoms with Crippen LogP contribution in [0.25, 0.3) is 0 Å². The maximum absolute atomic E-state index is 12.6. The molecule has 1 amide bonds. The largest absolute Gasteiger partial charge is 0.324 e. The zero-order valence-electron chi connectivity index (χ0n) is 15.3. The van der Waals surface area contributed by atoms with Crippen molar-refractivity contribution in [1.29, 1.82) is 0 Å². The van der Waals surface area contributed by atoms with E-state index in [4.69, 9.17) is 11.6 Å². The number of aryl methyl sites for hydroxylation is 2. The van der Waals surface area contributed by atoms with E-state index in [1.807, 2.05) is 30.3 Å². The number of aromatic nitrogens is 2. The molecular weight excluding hydrogens is 360 g/mol. The van der Waals surface area contributed by atoms with Crippen molar-refractivity contribution in [2.45, 2.75) is 26.7 Å². The zero-order chi connectivity index (χ0) is 19.2. The first kappa shape index (κ1) is 18.9. The molecule has 0 radical (unpaired) electrons. The standard InChI is InChI=1S/C21H21ClN4O/c1-3-14-7-5-8-15(4-2)19(14)26-20(27)16-12-23-21(24-13-16)25-18-10-6-9-17(22)11-18/h5-13H,3-4H2,1-2H3,(H,26,27)(H,23,24,25). The fourth-order valence-electron chi connectivity index (χ4n) is 2.79. The molecule has 27 heavy (non-hydrogen) atoms. The van der Waals surface area contributed by atoms with E-state index in [-0.39, 0.29) is 5.91 Å². The van der Waals surface area contributed by atoms with Gasteiger partial charge < -0.3 is 10.6 Å². The molecule has 0 aliphatic rings. The number of carbonyl (C=O) groups excluding carboxylic acids is 1.